The van der Waals surface area contributed by atoms with Crippen LogP contribution in [0, 0.1) is 0 Å². The molecule has 0 unspecified atom stereocenters. The summed E-state index contributed by atoms with van der Waals surface area (Å²) in [6, 6.07) is 5.22. The van der Waals surface area contributed by atoms with Gasteiger partial charge in [-0.3, -0.25) is 9.78 Å². The lowest BCUT2D eigenvalue weighted by molar-refractivity contribution is 0.0930. The van der Waals surface area contributed by atoms with E-state index in [0.29, 0.717) is 11.4 Å². The fourth-order valence-corrected chi connectivity index (χ4v) is 1.30. The molecule has 0 aliphatic rings. The highest BCUT2D eigenvalue weighted by molar-refractivity contribution is 5.80. The summed E-state index contributed by atoms with van der Waals surface area (Å²) in [4.78, 5) is 26.4. The Hall–Kier alpha value is -2.17. The normalized spacial score (nSPS) is 10.2. The molecule has 0 aliphatic heterocycles. The van der Waals surface area contributed by atoms with Crippen molar-refractivity contribution in [2.45, 2.75) is 6.92 Å². The summed E-state index contributed by atoms with van der Waals surface area (Å²) in [6.07, 6.45) is 2.81. The third-order valence-electron chi connectivity index (χ3n) is 1.94. The number of carbonyl (C=O) groups is 1. The number of pyridine rings is 1. The number of nitrogens with zero attached hydrogens (tertiary/aromatic N) is 2. The SMILES string of the molecule is CC(=O)n1c(-c2ccccn2)coc1=O. The summed E-state index contributed by atoms with van der Waals surface area (Å²) < 4.78 is 5.60. The highest BCUT2D eigenvalue weighted by atomic mass is 16.4. The first-order valence-electron chi connectivity index (χ1n) is 4.33. The van der Waals surface area contributed by atoms with Gasteiger partial charge in [-0.25, -0.2) is 9.36 Å². The van der Waals surface area contributed by atoms with Gasteiger partial charge in [0.25, 0.3) is 0 Å². The van der Waals surface area contributed by atoms with Crippen LogP contribution in [0.25, 0.3) is 11.4 Å². The van der Waals surface area contributed by atoms with Crippen molar-refractivity contribution >= 4 is 5.91 Å². The largest absolute Gasteiger partial charge is 0.426 e. The van der Waals surface area contributed by atoms with E-state index in [-0.39, 0.29) is 0 Å². The van der Waals surface area contributed by atoms with Crippen molar-refractivity contribution in [1.29, 1.82) is 0 Å². The number of oxazole rings is 1. The van der Waals surface area contributed by atoms with E-state index in [2.05, 4.69) is 9.40 Å². The Morgan fingerprint density at radius 3 is 2.87 bits per heavy atom. The van der Waals surface area contributed by atoms with Gasteiger partial charge in [0.05, 0.1) is 5.69 Å². The molecule has 0 saturated heterocycles. The molecule has 2 aromatic heterocycles. The van der Waals surface area contributed by atoms with Gasteiger partial charge in [0.2, 0.25) is 5.91 Å². The molecule has 0 spiro atoms. The van der Waals surface area contributed by atoms with Crippen LogP contribution in [-0.2, 0) is 0 Å². The molecule has 15 heavy (non-hydrogen) atoms. The summed E-state index contributed by atoms with van der Waals surface area (Å²) in [5.41, 5.74) is 0.895. The molecule has 0 fully saturated rings. The summed E-state index contributed by atoms with van der Waals surface area (Å²) >= 11 is 0. The van der Waals surface area contributed by atoms with Crippen LogP contribution in [0.5, 0.6) is 0 Å². The van der Waals surface area contributed by atoms with Crippen molar-refractivity contribution in [2.75, 3.05) is 0 Å². The van der Waals surface area contributed by atoms with Crippen molar-refractivity contribution in [3.63, 3.8) is 0 Å². The van der Waals surface area contributed by atoms with Crippen LogP contribution in [0.2, 0.25) is 0 Å². The molecular formula is C10H8N2O3. The van der Waals surface area contributed by atoms with Gasteiger partial charge in [0.15, 0.2) is 0 Å². The van der Waals surface area contributed by atoms with Crippen molar-refractivity contribution in [3.05, 3.63) is 41.2 Å². The molecule has 2 aromatic rings. The van der Waals surface area contributed by atoms with E-state index < -0.39 is 11.7 Å². The number of rotatable bonds is 1. The second-order valence-electron chi connectivity index (χ2n) is 2.96. The van der Waals surface area contributed by atoms with Gasteiger partial charge in [0, 0.05) is 13.1 Å². The van der Waals surface area contributed by atoms with Crippen LogP contribution >= 0.6 is 0 Å². The third kappa shape index (κ3) is 1.59. The van der Waals surface area contributed by atoms with Gasteiger partial charge in [0.1, 0.15) is 12.0 Å². The number of hydrogen-bond acceptors (Lipinski definition) is 4. The van der Waals surface area contributed by atoms with Gasteiger partial charge in [-0.1, -0.05) is 6.07 Å². The highest BCUT2D eigenvalue weighted by Crippen LogP contribution is 2.14. The Bertz CT molecular complexity index is 539. The average Bonchev–Trinajstić information content (AvgIpc) is 2.61. The predicted molar refractivity (Wildman–Crippen MR) is 52.5 cm³/mol. The summed E-state index contributed by atoms with van der Waals surface area (Å²) in [5.74, 6) is -1.09. The van der Waals surface area contributed by atoms with Gasteiger partial charge in [-0.15, -0.1) is 0 Å². The molecule has 0 bridgehead atoms. The van der Waals surface area contributed by atoms with E-state index in [1.165, 1.54) is 13.2 Å². The van der Waals surface area contributed by atoms with Crippen LogP contribution in [0.1, 0.15) is 11.7 Å². The molecule has 0 atom stereocenters. The van der Waals surface area contributed by atoms with Crippen molar-refractivity contribution in [2.24, 2.45) is 0 Å². The fraction of sp³-hybridized carbons (Fsp3) is 0.100. The Kier molecular flexibility index (Phi) is 2.21. The van der Waals surface area contributed by atoms with Gasteiger partial charge in [-0.2, -0.15) is 0 Å². The van der Waals surface area contributed by atoms with Crippen LogP contribution in [0.4, 0.5) is 0 Å². The minimum Gasteiger partial charge on any atom is -0.415 e. The summed E-state index contributed by atoms with van der Waals surface area (Å²) in [5, 5.41) is 0. The predicted octanol–water partition coefficient (Wildman–Crippen LogP) is 1.16. The Morgan fingerprint density at radius 1 is 1.47 bits per heavy atom. The maximum atomic E-state index is 11.2. The standard InChI is InChI=1S/C10H8N2O3/c1-7(13)12-9(6-15-10(12)14)8-4-2-3-5-11-8/h2-6H,1H3. The molecule has 2 heterocycles. The second-order valence-corrected chi connectivity index (χ2v) is 2.96. The van der Waals surface area contributed by atoms with Crippen LogP contribution in [0.15, 0.2) is 39.9 Å². The molecule has 5 nitrogen and oxygen atoms in total. The van der Waals surface area contributed by atoms with Gasteiger partial charge in [-0.05, 0) is 12.1 Å². The topological polar surface area (TPSA) is 65.1 Å². The van der Waals surface area contributed by atoms with Crippen LogP contribution < -0.4 is 5.76 Å². The van der Waals surface area contributed by atoms with E-state index in [4.69, 9.17) is 0 Å². The molecule has 5 heteroatoms. The molecule has 0 saturated carbocycles. The smallest absolute Gasteiger partial charge is 0.415 e. The highest BCUT2D eigenvalue weighted by Gasteiger charge is 2.14. The van der Waals surface area contributed by atoms with E-state index >= 15 is 0 Å². The van der Waals surface area contributed by atoms with Crippen LogP contribution in [0.3, 0.4) is 0 Å². The molecule has 0 N–H and O–H groups in total. The van der Waals surface area contributed by atoms with Crippen molar-refractivity contribution in [1.82, 2.24) is 9.55 Å². The average molecular weight is 204 g/mol. The minimum atomic E-state index is -0.692. The molecule has 0 amide bonds. The zero-order chi connectivity index (χ0) is 10.8. The van der Waals surface area contributed by atoms with Crippen molar-refractivity contribution in [3.8, 4) is 11.4 Å². The van der Waals surface area contributed by atoms with E-state index in [0.717, 1.165) is 4.57 Å². The first-order chi connectivity index (χ1) is 7.20. The molecular weight excluding hydrogens is 196 g/mol. The zero-order valence-corrected chi connectivity index (χ0v) is 8.01. The van der Waals surface area contributed by atoms with E-state index in [1.54, 1.807) is 24.4 Å². The molecule has 2 rings (SSSR count). The van der Waals surface area contributed by atoms with E-state index in [9.17, 15) is 9.59 Å². The first-order valence-corrected chi connectivity index (χ1v) is 4.33. The van der Waals surface area contributed by atoms with Gasteiger partial charge >= 0.3 is 5.76 Å². The number of hydrogen-bond donors (Lipinski definition) is 0. The Labute approximate surface area is 85.0 Å². The fourth-order valence-electron chi connectivity index (χ4n) is 1.30. The Balaban J connectivity index is 2.65. The van der Waals surface area contributed by atoms with Crippen LogP contribution in [-0.4, -0.2) is 15.5 Å². The number of carbonyl (C=O) groups excluding carboxylic acids is 1. The monoisotopic (exact) mass is 204 g/mol. The molecule has 0 aromatic carbocycles. The molecule has 0 aliphatic carbocycles. The minimum absolute atomic E-state index is 0.369. The lowest BCUT2D eigenvalue weighted by Gasteiger charge is -1.99. The quantitative estimate of drug-likeness (QED) is 0.699. The summed E-state index contributed by atoms with van der Waals surface area (Å²) in [7, 11) is 0. The maximum absolute atomic E-state index is 11.2. The third-order valence-corrected chi connectivity index (χ3v) is 1.94. The lowest BCUT2D eigenvalue weighted by Crippen LogP contribution is -2.20. The maximum Gasteiger partial charge on any atom is 0.426 e. The summed E-state index contributed by atoms with van der Waals surface area (Å²) in [6.45, 7) is 1.30. The zero-order valence-electron chi connectivity index (χ0n) is 8.01. The second kappa shape index (κ2) is 3.53. The molecule has 0 radical (unpaired) electrons. The van der Waals surface area contributed by atoms with Gasteiger partial charge < -0.3 is 4.42 Å². The first kappa shape index (κ1) is 9.39. The van der Waals surface area contributed by atoms with E-state index in [1.807, 2.05) is 0 Å². The molecule has 76 valence electrons. The lowest BCUT2D eigenvalue weighted by atomic mass is 10.3. The Morgan fingerprint density at radius 2 is 2.27 bits per heavy atom. The number of aromatic nitrogens is 2. The van der Waals surface area contributed by atoms with Crippen molar-refractivity contribution < 1.29 is 9.21 Å².